The number of amides is 1. The van der Waals surface area contributed by atoms with Crippen molar-refractivity contribution in [2.24, 2.45) is 0 Å². The fourth-order valence-corrected chi connectivity index (χ4v) is 3.30. The van der Waals surface area contributed by atoms with Crippen LogP contribution in [0.1, 0.15) is 11.1 Å². The molecule has 2 aromatic rings. The summed E-state index contributed by atoms with van der Waals surface area (Å²) in [6, 6.07) is 8.18. The highest BCUT2D eigenvalue weighted by molar-refractivity contribution is 6.33. The van der Waals surface area contributed by atoms with Crippen molar-refractivity contribution in [3.63, 3.8) is 0 Å². The fraction of sp³-hybridized carbons (Fsp3) is 0.368. The summed E-state index contributed by atoms with van der Waals surface area (Å²) in [5.41, 5.74) is 0.00948. The van der Waals surface area contributed by atoms with Crippen molar-refractivity contribution < 1.29 is 22.7 Å². The summed E-state index contributed by atoms with van der Waals surface area (Å²) >= 11 is 6.00. The molecule has 2 heterocycles. The first-order valence-corrected chi connectivity index (χ1v) is 9.04. The third-order valence-corrected chi connectivity index (χ3v) is 4.87. The maximum Gasteiger partial charge on any atom is 0.417 e. The summed E-state index contributed by atoms with van der Waals surface area (Å²) in [5, 5.41) is -0.0483. The smallest absolute Gasteiger partial charge is 0.417 e. The van der Waals surface area contributed by atoms with Crippen LogP contribution in [0.5, 0.6) is 5.75 Å². The molecule has 1 aromatic heterocycles. The molecular weight excluding hydrogens is 395 g/mol. The van der Waals surface area contributed by atoms with Gasteiger partial charge >= 0.3 is 6.18 Å². The van der Waals surface area contributed by atoms with Gasteiger partial charge in [-0.2, -0.15) is 13.2 Å². The van der Waals surface area contributed by atoms with Gasteiger partial charge in [0.2, 0.25) is 5.91 Å². The minimum Gasteiger partial charge on any atom is -0.497 e. The number of benzene rings is 1. The number of ether oxygens (including phenoxy) is 1. The van der Waals surface area contributed by atoms with E-state index in [0.29, 0.717) is 32.0 Å². The zero-order valence-corrected chi connectivity index (χ0v) is 15.9. The van der Waals surface area contributed by atoms with Crippen molar-refractivity contribution in [1.29, 1.82) is 0 Å². The highest BCUT2D eigenvalue weighted by Gasteiger charge is 2.32. The summed E-state index contributed by atoms with van der Waals surface area (Å²) in [7, 11) is 1.58. The van der Waals surface area contributed by atoms with E-state index in [0.717, 1.165) is 23.6 Å². The van der Waals surface area contributed by atoms with Crippen molar-refractivity contribution in [2.45, 2.75) is 12.6 Å². The van der Waals surface area contributed by atoms with Gasteiger partial charge in [0.1, 0.15) is 11.6 Å². The molecule has 0 spiro atoms. The maximum absolute atomic E-state index is 12.7. The lowest BCUT2D eigenvalue weighted by atomic mass is 10.1. The standard InChI is InChI=1S/C19H19ClF3N3O2/c1-28-15-4-2-13(3-5-15)10-17(27)25-6-8-26(9-7-25)18-16(20)11-14(12-24-18)19(21,22)23/h2-5,11-12H,6-10H2,1H3. The van der Waals surface area contributed by atoms with Gasteiger partial charge in [-0.15, -0.1) is 0 Å². The molecule has 0 bridgehead atoms. The molecule has 5 nitrogen and oxygen atoms in total. The van der Waals surface area contributed by atoms with Crippen molar-refractivity contribution in [2.75, 3.05) is 38.2 Å². The highest BCUT2D eigenvalue weighted by atomic mass is 35.5. The Kier molecular flexibility index (Phi) is 5.98. The van der Waals surface area contributed by atoms with Crippen molar-refractivity contribution in [1.82, 2.24) is 9.88 Å². The van der Waals surface area contributed by atoms with Crippen LogP contribution in [0.4, 0.5) is 19.0 Å². The number of aromatic nitrogens is 1. The Morgan fingerprint density at radius 3 is 2.36 bits per heavy atom. The van der Waals surface area contributed by atoms with E-state index in [2.05, 4.69) is 4.98 Å². The summed E-state index contributed by atoms with van der Waals surface area (Å²) in [5.74, 6) is 1.03. The lowest BCUT2D eigenvalue weighted by Gasteiger charge is -2.36. The predicted octanol–water partition coefficient (Wildman–Crippen LogP) is 3.65. The van der Waals surface area contributed by atoms with Gasteiger partial charge in [0.15, 0.2) is 0 Å². The van der Waals surface area contributed by atoms with Crippen molar-refractivity contribution >= 4 is 23.3 Å². The molecule has 0 atom stereocenters. The predicted molar refractivity (Wildman–Crippen MR) is 99.7 cm³/mol. The average Bonchev–Trinajstić information content (AvgIpc) is 2.68. The van der Waals surface area contributed by atoms with Crippen LogP contribution in [0.15, 0.2) is 36.5 Å². The van der Waals surface area contributed by atoms with Gasteiger partial charge < -0.3 is 14.5 Å². The van der Waals surface area contributed by atoms with Crippen LogP contribution in [0.3, 0.4) is 0 Å². The molecule has 150 valence electrons. The van der Waals surface area contributed by atoms with E-state index >= 15 is 0 Å². The number of hydrogen-bond donors (Lipinski definition) is 0. The van der Waals surface area contributed by atoms with E-state index in [1.807, 2.05) is 12.1 Å². The Labute approximate surface area is 165 Å². The van der Waals surface area contributed by atoms with E-state index in [4.69, 9.17) is 16.3 Å². The molecule has 1 aliphatic rings. The summed E-state index contributed by atoms with van der Waals surface area (Å²) in [6.07, 6.45) is -3.42. The summed E-state index contributed by atoms with van der Waals surface area (Å²) < 4.78 is 43.3. The first-order chi connectivity index (χ1) is 13.3. The number of carbonyl (C=O) groups excluding carboxylic acids is 1. The molecule has 1 fully saturated rings. The zero-order valence-electron chi connectivity index (χ0n) is 15.2. The Morgan fingerprint density at radius 1 is 1.18 bits per heavy atom. The molecule has 0 radical (unpaired) electrons. The van der Waals surface area contributed by atoms with Crippen molar-refractivity contribution in [3.8, 4) is 5.75 Å². The minimum absolute atomic E-state index is 0.00343. The van der Waals surface area contributed by atoms with Crippen molar-refractivity contribution in [3.05, 3.63) is 52.7 Å². The van der Waals surface area contributed by atoms with E-state index in [-0.39, 0.29) is 17.4 Å². The fourth-order valence-electron chi connectivity index (χ4n) is 3.02. The quantitative estimate of drug-likeness (QED) is 0.767. The first kappa shape index (κ1) is 20.3. The Bertz CT molecular complexity index is 835. The van der Waals surface area contributed by atoms with E-state index in [1.165, 1.54) is 0 Å². The van der Waals surface area contributed by atoms with Gasteiger partial charge in [-0.05, 0) is 23.8 Å². The molecule has 1 aromatic carbocycles. The molecule has 0 saturated carbocycles. The first-order valence-electron chi connectivity index (χ1n) is 8.66. The third-order valence-electron chi connectivity index (χ3n) is 4.60. The van der Waals surface area contributed by atoms with Crippen LogP contribution in [0.25, 0.3) is 0 Å². The molecule has 28 heavy (non-hydrogen) atoms. The number of carbonyl (C=O) groups is 1. The molecule has 0 unspecified atom stereocenters. The largest absolute Gasteiger partial charge is 0.497 e. The van der Waals surface area contributed by atoms with E-state index < -0.39 is 11.7 Å². The molecular formula is C19H19ClF3N3O2. The number of alkyl halides is 3. The number of pyridine rings is 1. The second kappa shape index (κ2) is 8.26. The van der Waals surface area contributed by atoms with Crippen LogP contribution in [-0.2, 0) is 17.4 Å². The maximum atomic E-state index is 12.7. The van der Waals surface area contributed by atoms with Gasteiger partial charge in [-0.1, -0.05) is 23.7 Å². The average molecular weight is 414 g/mol. The lowest BCUT2D eigenvalue weighted by Crippen LogP contribution is -2.49. The highest BCUT2D eigenvalue weighted by Crippen LogP contribution is 2.33. The molecule has 9 heteroatoms. The molecule has 1 amide bonds. The summed E-state index contributed by atoms with van der Waals surface area (Å²) in [4.78, 5) is 19.9. The Morgan fingerprint density at radius 2 is 1.82 bits per heavy atom. The zero-order chi connectivity index (χ0) is 20.3. The second-order valence-corrected chi connectivity index (χ2v) is 6.83. The number of methoxy groups -OCH3 is 1. The topological polar surface area (TPSA) is 45.7 Å². The number of anilines is 1. The van der Waals surface area contributed by atoms with Gasteiger partial charge in [-0.25, -0.2) is 4.98 Å². The molecule has 0 aliphatic carbocycles. The van der Waals surface area contributed by atoms with Gasteiger partial charge in [-0.3, -0.25) is 4.79 Å². The Hall–Kier alpha value is -2.48. The Balaban J connectivity index is 1.58. The van der Waals surface area contributed by atoms with Gasteiger partial charge in [0, 0.05) is 32.4 Å². The summed E-state index contributed by atoms with van der Waals surface area (Å²) in [6.45, 7) is 1.81. The van der Waals surface area contributed by atoms with Crippen LogP contribution in [0.2, 0.25) is 5.02 Å². The number of halogens is 4. The monoisotopic (exact) mass is 413 g/mol. The number of hydrogen-bond acceptors (Lipinski definition) is 4. The van der Waals surface area contributed by atoms with E-state index in [1.54, 1.807) is 29.0 Å². The SMILES string of the molecule is COc1ccc(CC(=O)N2CCN(c3ncc(C(F)(F)F)cc3Cl)CC2)cc1. The molecule has 1 aliphatic heterocycles. The van der Waals surface area contributed by atoms with Crippen LogP contribution >= 0.6 is 11.6 Å². The molecule has 0 N–H and O–H groups in total. The van der Waals surface area contributed by atoms with E-state index in [9.17, 15) is 18.0 Å². The molecule has 1 saturated heterocycles. The molecule has 3 rings (SSSR count). The van der Waals surface area contributed by atoms with Crippen LogP contribution < -0.4 is 9.64 Å². The normalized spacial score (nSPS) is 14.9. The number of nitrogens with zero attached hydrogens (tertiary/aromatic N) is 3. The lowest BCUT2D eigenvalue weighted by molar-refractivity contribution is -0.137. The number of piperazine rings is 1. The van der Waals surface area contributed by atoms with Gasteiger partial charge in [0.25, 0.3) is 0 Å². The number of rotatable bonds is 4. The second-order valence-electron chi connectivity index (χ2n) is 6.42. The van der Waals surface area contributed by atoms with Crippen LogP contribution in [-0.4, -0.2) is 49.1 Å². The third kappa shape index (κ3) is 4.67. The minimum atomic E-state index is -4.48. The van der Waals surface area contributed by atoms with Crippen LogP contribution in [0, 0.1) is 0 Å². The van der Waals surface area contributed by atoms with Gasteiger partial charge in [0.05, 0.1) is 24.1 Å².